The second kappa shape index (κ2) is 6.62. The summed E-state index contributed by atoms with van der Waals surface area (Å²) in [5, 5.41) is 0. The summed E-state index contributed by atoms with van der Waals surface area (Å²) in [6.45, 7) is 0. The van der Waals surface area contributed by atoms with Gasteiger partial charge in [0.05, 0.1) is 29.8 Å². The number of carbonyl (C=O) groups is 1. The molecule has 0 radical (unpaired) electrons. The van der Waals surface area contributed by atoms with E-state index in [-0.39, 0.29) is 17.2 Å². The monoisotopic (exact) mass is 308 g/mol. The fourth-order valence-corrected chi connectivity index (χ4v) is 3.99. The predicted molar refractivity (Wildman–Crippen MR) is 76.2 cm³/mol. The smallest absolute Gasteiger partial charge is 0.306 e. The minimum absolute atomic E-state index is 0.175. The van der Waals surface area contributed by atoms with Gasteiger partial charge in [0.15, 0.2) is 0 Å². The average molecular weight is 308 g/mol. The SMILES string of the molecule is COC(=O)CCS(=O)(=O)NC1(C(N)=S)CCCCC1. The molecule has 110 valence electrons. The van der Waals surface area contributed by atoms with E-state index in [0.29, 0.717) is 12.8 Å². The molecule has 0 bridgehead atoms. The number of nitrogens with two attached hydrogens (primary N) is 1. The number of methoxy groups -OCH3 is 1. The Kier molecular flexibility index (Phi) is 5.69. The number of rotatable bonds is 6. The minimum Gasteiger partial charge on any atom is -0.469 e. The van der Waals surface area contributed by atoms with Gasteiger partial charge in [0, 0.05) is 0 Å². The van der Waals surface area contributed by atoms with Crippen LogP contribution in [0, 0.1) is 0 Å². The van der Waals surface area contributed by atoms with Gasteiger partial charge in [0.25, 0.3) is 0 Å². The topological polar surface area (TPSA) is 98.5 Å². The van der Waals surface area contributed by atoms with Crippen LogP contribution in [-0.4, -0.2) is 37.8 Å². The summed E-state index contributed by atoms with van der Waals surface area (Å²) in [6.07, 6.45) is 3.86. The number of carbonyl (C=O) groups excluding carboxylic acids is 1. The summed E-state index contributed by atoms with van der Waals surface area (Å²) in [6, 6.07) is 0. The lowest BCUT2D eigenvalue weighted by Crippen LogP contribution is -2.58. The van der Waals surface area contributed by atoms with Crippen molar-refractivity contribution in [3.8, 4) is 0 Å². The lowest BCUT2D eigenvalue weighted by atomic mass is 9.82. The van der Waals surface area contributed by atoms with Gasteiger partial charge in [0.1, 0.15) is 0 Å². The fourth-order valence-electron chi connectivity index (χ4n) is 2.22. The first-order valence-corrected chi connectivity index (χ1v) is 8.26. The van der Waals surface area contributed by atoms with Gasteiger partial charge < -0.3 is 10.5 Å². The molecule has 1 aliphatic carbocycles. The Labute approximate surface area is 119 Å². The maximum Gasteiger partial charge on any atom is 0.306 e. The van der Waals surface area contributed by atoms with Gasteiger partial charge >= 0.3 is 5.97 Å². The molecule has 0 aromatic heterocycles. The first-order chi connectivity index (χ1) is 8.81. The number of sulfonamides is 1. The highest BCUT2D eigenvalue weighted by atomic mass is 32.2. The summed E-state index contributed by atoms with van der Waals surface area (Å²) in [5.41, 5.74) is 4.87. The third-order valence-electron chi connectivity index (χ3n) is 3.33. The van der Waals surface area contributed by atoms with E-state index in [1.54, 1.807) is 0 Å². The van der Waals surface area contributed by atoms with Crippen LogP contribution in [0.3, 0.4) is 0 Å². The normalized spacial score (nSPS) is 18.8. The van der Waals surface area contributed by atoms with Gasteiger partial charge in [0.2, 0.25) is 10.0 Å². The van der Waals surface area contributed by atoms with E-state index in [1.165, 1.54) is 7.11 Å². The molecule has 0 amide bonds. The first kappa shape index (κ1) is 16.3. The molecule has 0 saturated heterocycles. The Hall–Kier alpha value is -0.730. The Bertz CT molecular complexity index is 442. The van der Waals surface area contributed by atoms with Crippen molar-refractivity contribution in [2.24, 2.45) is 5.73 Å². The largest absolute Gasteiger partial charge is 0.469 e. The second-order valence-electron chi connectivity index (χ2n) is 4.75. The van der Waals surface area contributed by atoms with E-state index in [0.717, 1.165) is 19.3 Å². The molecule has 0 heterocycles. The van der Waals surface area contributed by atoms with Crippen LogP contribution in [0.15, 0.2) is 0 Å². The number of ether oxygens (including phenoxy) is 1. The Morgan fingerprint density at radius 1 is 1.37 bits per heavy atom. The van der Waals surface area contributed by atoms with E-state index < -0.39 is 21.5 Å². The molecular formula is C11H20N2O4S2. The van der Waals surface area contributed by atoms with Crippen LogP contribution in [0.4, 0.5) is 0 Å². The van der Waals surface area contributed by atoms with Crippen molar-refractivity contribution < 1.29 is 17.9 Å². The van der Waals surface area contributed by atoms with E-state index in [9.17, 15) is 13.2 Å². The zero-order valence-corrected chi connectivity index (χ0v) is 12.6. The summed E-state index contributed by atoms with van der Waals surface area (Å²) in [4.78, 5) is 11.2. The van der Waals surface area contributed by atoms with Crippen molar-refractivity contribution >= 4 is 33.2 Å². The Balaban J connectivity index is 2.73. The van der Waals surface area contributed by atoms with Crippen molar-refractivity contribution in [2.45, 2.75) is 44.1 Å². The lowest BCUT2D eigenvalue weighted by molar-refractivity contribution is -0.140. The van der Waals surface area contributed by atoms with Crippen LogP contribution < -0.4 is 10.5 Å². The van der Waals surface area contributed by atoms with Gasteiger partial charge in [-0.3, -0.25) is 4.79 Å². The molecule has 0 aromatic rings. The van der Waals surface area contributed by atoms with Crippen LogP contribution in [0.5, 0.6) is 0 Å². The summed E-state index contributed by atoms with van der Waals surface area (Å²) in [7, 11) is -2.39. The number of hydrogen-bond acceptors (Lipinski definition) is 5. The van der Waals surface area contributed by atoms with Crippen LogP contribution in [0.2, 0.25) is 0 Å². The standard InChI is InChI=1S/C11H20N2O4S2/c1-17-9(14)5-8-19(15,16)13-11(10(12)18)6-3-2-4-7-11/h13H,2-8H2,1H3,(H2,12,18). The molecule has 0 unspecified atom stereocenters. The average Bonchev–Trinajstić information content (AvgIpc) is 2.36. The van der Waals surface area contributed by atoms with Crippen molar-refractivity contribution in [1.29, 1.82) is 0 Å². The molecule has 0 spiro atoms. The predicted octanol–water partition coefficient (Wildman–Crippen LogP) is 0.458. The molecule has 0 atom stereocenters. The van der Waals surface area contributed by atoms with E-state index >= 15 is 0 Å². The van der Waals surface area contributed by atoms with E-state index in [2.05, 4.69) is 9.46 Å². The number of hydrogen-bond donors (Lipinski definition) is 2. The molecule has 1 fully saturated rings. The summed E-state index contributed by atoms with van der Waals surface area (Å²) < 4.78 is 31.0. The molecule has 6 nitrogen and oxygen atoms in total. The molecular weight excluding hydrogens is 288 g/mol. The molecule has 1 aliphatic rings. The highest BCUT2D eigenvalue weighted by Crippen LogP contribution is 2.29. The number of nitrogens with one attached hydrogen (secondary N) is 1. The highest BCUT2D eigenvalue weighted by Gasteiger charge is 2.38. The minimum atomic E-state index is -3.61. The number of esters is 1. The van der Waals surface area contributed by atoms with Gasteiger partial charge in [-0.05, 0) is 12.8 Å². The molecule has 3 N–H and O–H groups in total. The van der Waals surface area contributed by atoms with Gasteiger partial charge in [-0.1, -0.05) is 31.5 Å². The maximum absolute atomic E-state index is 12.0. The lowest BCUT2D eigenvalue weighted by Gasteiger charge is -2.36. The molecule has 0 aromatic carbocycles. The second-order valence-corrected chi connectivity index (χ2v) is 7.04. The van der Waals surface area contributed by atoms with Gasteiger partial charge in [-0.2, -0.15) is 0 Å². The van der Waals surface area contributed by atoms with E-state index in [1.807, 2.05) is 0 Å². The summed E-state index contributed by atoms with van der Waals surface area (Å²) >= 11 is 5.01. The van der Waals surface area contributed by atoms with Crippen LogP contribution >= 0.6 is 12.2 Å². The molecule has 1 rings (SSSR count). The third-order valence-corrected chi connectivity index (χ3v) is 5.17. The van der Waals surface area contributed by atoms with Crippen LogP contribution in [0.25, 0.3) is 0 Å². The van der Waals surface area contributed by atoms with Crippen LogP contribution in [-0.2, 0) is 19.6 Å². The van der Waals surface area contributed by atoms with Gasteiger partial charge in [-0.15, -0.1) is 0 Å². The quantitative estimate of drug-likeness (QED) is 0.546. The third kappa shape index (κ3) is 4.70. The van der Waals surface area contributed by atoms with Crippen molar-refractivity contribution in [3.05, 3.63) is 0 Å². The summed E-state index contributed by atoms with van der Waals surface area (Å²) in [5.74, 6) is -0.872. The van der Waals surface area contributed by atoms with Crippen molar-refractivity contribution in [1.82, 2.24) is 4.72 Å². The first-order valence-electron chi connectivity index (χ1n) is 6.20. The zero-order valence-electron chi connectivity index (χ0n) is 11.0. The fraction of sp³-hybridized carbons (Fsp3) is 0.818. The number of thiocarbonyl (C=S) groups is 1. The molecule has 0 aliphatic heterocycles. The molecule has 1 saturated carbocycles. The Morgan fingerprint density at radius 3 is 2.42 bits per heavy atom. The Morgan fingerprint density at radius 2 is 1.95 bits per heavy atom. The molecule has 19 heavy (non-hydrogen) atoms. The maximum atomic E-state index is 12.0. The van der Waals surface area contributed by atoms with Crippen molar-refractivity contribution in [3.63, 3.8) is 0 Å². The molecule has 8 heteroatoms. The van der Waals surface area contributed by atoms with E-state index in [4.69, 9.17) is 18.0 Å². The van der Waals surface area contributed by atoms with Crippen LogP contribution in [0.1, 0.15) is 38.5 Å². The highest BCUT2D eigenvalue weighted by molar-refractivity contribution is 7.89. The van der Waals surface area contributed by atoms with Crippen molar-refractivity contribution in [2.75, 3.05) is 12.9 Å². The van der Waals surface area contributed by atoms with Gasteiger partial charge in [-0.25, -0.2) is 13.1 Å². The zero-order chi connectivity index (χ0) is 14.5.